The molecule has 1 aromatic heterocycles. The van der Waals surface area contributed by atoms with Gasteiger partial charge in [0.15, 0.2) is 12.0 Å². The Labute approximate surface area is 163 Å². The van der Waals surface area contributed by atoms with E-state index in [1.165, 1.54) is 17.0 Å². The summed E-state index contributed by atoms with van der Waals surface area (Å²) in [6.45, 7) is 14.5. The number of pyridine rings is 1. The quantitative estimate of drug-likeness (QED) is 0.776. The van der Waals surface area contributed by atoms with Crippen LogP contribution in [0.1, 0.15) is 43.5 Å². The van der Waals surface area contributed by atoms with E-state index in [9.17, 15) is 0 Å². The average molecular weight is 366 g/mol. The average Bonchev–Trinajstić information content (AvgIpc) is 3.25. The summed E-state index contributed by atoms with van der Waals surface area (Å²) in [6.07, 6.45) is 1.98. The van der Waals surface area contributed by atoms with Crippen LogP contribution in [0.4, 0.5) is 0 Å². The van der Waals surface area contributed by atoms with Crippen molar-refractivity contribution in [3.8, 4) is 0 Å². The number of ether oxygens (including phenoxy) is 1. The van der Waals surface area contributed by atoms with Crippen molar-refractivity contribution in [3.63, 3.8) is 0 Å². The molecule has 0 atom stereocenters. The van der Waals surface area contributed by atoms with Crippen molar-refractivity contribution in [3.05, 3.63) is 72.1 Å². The maximum absolute atomic E-state index is 5.19. The molecular formula is C23H31N3O+2. The van der Waals surface area contributed by atoms with Crippen LogP contribution in [0.3, 0.4) is 0 Å². The molecule has 4 nitrogen and oxygen atoms in total. The molecule has 0 saturated carbocycles. The standard InChI is InChI=1S/C15H23N2.C8H8NO/c1-5-17-11-10-16(4)15(17)14-9-7-6-8-13(14)12(2)3;1-7-8-4-2-3-5-9(8)6-10-7/h6-9,12H,5,10-11H2,1-4H3;2-5H,1,6H2/q2*+1. The molecule has 4 heteroatoms. The lowest BCUT2D eigenvalue weighted by Crippen LogP contribution is -2.31. The summed E-state index contributed by atoms with van der Waals surface area (Å²) in [5.74, 6) is 2.74. The monoisotopic (exact) mass is 365 g/mol. The third-order valence-corrected chi connectivity index (χ3v) is 5.18. The van der Waals surface area contributed by atoms with Crippen LogP contribution in [0.15, 0.2) is 55.2 Å². The summed E-state index contributed by atoms with van der Waals surface area (Å²) in [5.41, 5.74) is 3.93. The molecule has 2 aliphatic heterocycles. The molecule has 0 spiro atoms. The van der Waals surface area contributed by atoms with Crippen LogP contribution in [0.5, 0.6) is 0 Å². The van der Waals surface area contributed by atoms with E-state index in [2.05, 4.69) is 68.1 Å². The number of hydrogen-bond acceptors (Lipinski definition) is 2. The number of benzene rings is 1. The minimum Gasteiger partial charge on any atom is -0.429 e. The van der Waals surface area contributed by atoms with E-state index in [1.54, 1.807) is 0 Å². The van der Waals surface area contributed by atoms with Gasteiger partial charge >= 0.3 is 0 Å². The van der Waals surface area contributed by atoms with Crippen molar-refractivity contribution in [2.45, 2.75) is 33.4 Å². The Morgan fingerprint density at radius 2 is 1.89 bits per heavy atom. The highest BCUT2D eigenvalue weighted by Crippen LogP contribution is 2.22. The lowest BCUT2D eigenvalue weighted by Gasteiger charge is -2.16. The maximum Gasteiger partial charge on any atom is 0.293 e. The highest BCUT2D eigenvalue weighted by molar-refractivity contribution is 5.97. The van der Waals surface area contributed by atoms with Crippen molar-refractivity contribution < 1.29 is 13.9 Å². The number of likely N-dealkylation sites (N-methyl/N-ethyl adjacent to an activating group) is 2. The fraction of sp³-hybridized carbons (Fsp3) is 0.391. The first-order valence-electron chi connectivity index (χ1n) is 9.75. The molecule has 0 fully saturated rings. The number of nitrogens with zero attached hydrogens (tertiary/aromatic N) is 3. The maximum atomic E-state index is 5.19. The molecule has 0 amide bonds. The Morgan fingerprint density at radius 3 is 2.59 bits per heavy atom. The predicted molar refractivity (Wildman–Crippen MR) is 110 cm³/mol. The van der Waals surface area contributed by atoms with E-state index in [4.69, 9.17) is 4.74 Å². The molecule has 27 heavy (non-hydrogen) atoms. The molecule has 0 N–H and O–H groups in total. The molecule has 0 saturated heterocycles. The Bertz CT molecular complexity index is 854. The molecule has 0 bridgehead atoms. The second kappa shape index (κ2) is 8.38. The van der Waals surface area contributed by atoms with Gasteiger partial charge in [-0.25, -0.2) is 0 Å². The van der Waals surface area contributed by atoms with Crippen molar-refractivity contribution in [2.24, 2.45) is 0 Å². The predicted octanol–water partition coefficient (Wildman–Crippen LogP) is 3.47. The van der Waals surface area contributed by atoms with Crippen LogP contribution in [-0.4, -0.2) is 42.0 Å². The summed E-state index contributed by atoms with van der Waals surface area (Å²) >= 11 is 0. The van der Waals surface area contributed by atoms with Crippen LogP contribution < -0.4 is 4.57 Å². The van der Waals surface area contributed by atoms with Crippen LogP contribution in [-0.2, 0) is 11.5 Å². The van der Waals surface area contributed by atoms with Crippen molar-refractivity contribution in [1.82, 2.24) is 4.90 Å². The van der Waals surface area contributed by atoms with Gasteiger partial charge in [0.25, 0.3) is 12.6 Å². The Morgan fingerprint density at radius 1 is 1.15 bits per heavy atom. The minimum atomic E-state index is 0.575. The first kappa shape index (κ1) is 19.2. The van der Waals surface area contributed by atoms with Gasteiger partial charge in [-0.15, -0.1) is 0 Å². The fourth-order valence-electron chi connectivity index (χ4n) is 3.68. The third-order valence-electron chi connectivity index (χ3n) is 5.18. The lowest BCUT2D eigenvalue weighted by atomic mass is 9.96. The van der Waals surface area contributed by atoms with Crippen LogP contribution in [0.25, 0.3) is 5.76 Å². The second-order valence-corrected chi connectivity index (χ2v) is 7.32. The van der Waals surface area contributed by atoms with Gasteiger partial charge in [0.2, 0.25) is 5.69 Å². The summed E-state index contributed by atoms with van der Waals surface area (Å²) in [4.78, 5) is 2.47. The van der Waals surface area contributed by atoms with Gasteiger partial charge < -0.3 is 4.74 Å². The van der Waals surface area contributed by atoms with Crippen LogP contribution in [0, 0.1) is 0 Å². The van der Waals surface area contributed by atoms with E-state index in [0.717, 1.165) is 31.1 Å². The zero-order valence-corrected chi connectivity index (χ0v) is 17.0. The number of hydrogen-bond donors (Lipinski definition) is 0. The van der Waals surface area contributed by atoms with Gasteiger partial charge in [0, 0.05) is 12.1 Å². The molecule has 4 rings (SSSR count). The Hall–Kier alpha value is -2.62. The SMILES string of the molecule is C=C1OC[n+]2ccccc21.CCN1CC[N+](C)=C1c1ccccc1C(C)C. The van der Waals surface area contributed by atoms with Gasteiger partial charge in [-0.3, -0.25) is 9.48 Å². The fourth-order valence-corrected chi connectivity index (χ4v) is 3.68. The van der Waals surface area contributed by atoms with Crippen molar-refractivity contribution in [2.75, 3.05) is 26.7 Å². The Kier molecular flexibility index (Phi) is 5.94. The minimum absolute atomic E-state index is 0.575. The first-order valence-corrected chi connectivity index (χ1v) is 9.75. The molecular weight excluding hydrogens is 334 g/mol. The van der Waals surface area contributed by atoms with Gasteiger partial charge in [-0.2, -0.15) is 4.57 Å². The summed E-state index contributed by atoms with van der Waals surface area (Å²) in [6, 6.07) is 14.8. The number of amidine groups is 1. The van der Waals surface area contributed by atoms with E-state index in [-0.39, 0.29) is 0 Å². The second-order valence-electron chi connectivity index (χ2n) is 7.32. The normalized spacial score (nSPS) is 15.6. The van der Waals surface area contributed by atoms with Crippen LogP contribution >= 0.6 is 0 Å². The summed E-state index contributed by atoms with van der Waals surface area (Å²) in [5, 5.41) is 0. The smallest absolute Gasteiger partial charge is 0.293 e. The van der Waals surface area contributed by atoms with Gasteiger partial charge in [-0.05, 0) is 37.1 Å². The first-order chi connectivity index (χ1) is 13.0. The molecule has 142 valence electrons. The van der Waals surface area contributed by atoms with E-state index in [0.29, 0.717) is 12.6 Å². The zero-order valence-electron chi connectivity index (χ0n) is 17.0. The van der Waals surface area contributed by atoms with Gasteiger partial charge in [0.1, 0.15) is 13.1 Å². The molecule has 2 aliphatic rings. The zero-order chi connectivity index (χ0) is 19.4. The van der Waals surface area contributed by atoms with Crippen molar-refractivity contribution >= 4 is 11.6 Å². The largest absolute Gasteiger partial charge is 0.429 e. The molecule has 0 unspecified atom stereocenters. The van der Waals surface area contributed by atoms with E-state index in [1.807, 2.05) is 29.0 Å². The Balaban J connectivity index is 0.000000177. The van der Waals surface area contributed by atoms with E-state index < -0.39 is 0 Å². The summed E-state index contributed by atoms with van der Waals surface area (Å²) in [7, 11) is 2.20. The van der Waals surface area contributed by atoms with Crippen LogP contribution in [0.2, 0.25) is 0 Å². The van der Waals surface area contributed by atoms with E-state index >= 15 is 0 Å². The molecule has 0 aliphatic carbocycles. The molecule has 0 radical (unpaired) electrons. The lowest BCUT2D eigenvalue weighted by molar-refractivity contribution is -0.714. The number of fused-ring (bicyclic) bond motifs is 1. The van der Waals surface area contributed by atoms with Crippen molar-refractivity contribution in [1.29, 1.82) is 0 Å². The molecule has 1 aromatic carbocycles. The number of aromatic nitrogens is 1. The highest BCUT2D eigenvalue weighted by Gasteiger charge is 2.30. The third kappa shape index (κ3) is 4.05. The van der Waals surface area contributed by atoms with Gasteiger partial charge in [0.05, 0.1) is 19.2 Å². The van der Waals surface area contributed by atoms with Gasteiger partial charge in [-0.1, -0.05) is 32.0 Å². The topological polar surface area (TPSA) is 19.4 Å². The number of rotatable bonds is 3. The summed E-state index contributed by atoms with van der Waals surface area (Å²) < 4.78 is 9.59. The highest BCUT2D eigenvalue weighted by atomic mass is 16.5. The molecule has 3 heterocycles. The molecule has 2 aromatic rings.